The van der Waals surface area contributed by atoms with E-state index in [9.17, 15) is 14.0 Å². The molecule has 0 radical (unpaired) electrons. The summed E-state index contributed by atoms with van der Waals surface area (Å²) in [7, 11) is 1.89. The van der Waals surface area contributed by atoms with E-state index < -0.39 is 5.82 Å². The second-order valence-electron chi connectivity index (χ2n) is 6.88. The third-order valence-corrected chi connectivity index (χ3v) is 5.15. The predicted octanol–water partition coefficient (Wildman–Crippen LogP) is 2.04. The quantitative estimate of drug-likeness (QED) is 0.872. The van der Waals surface area contributed by atoms with Crippen LogP contribution >= 0.6 is 0 Å². The second kappa shape index (κ2) is 8.00. The molecule has 1 fully saturated rings. The van der Waals surface area contributed by atoms with Crippen LogP contribution in [-0.2, 0) is 4.79 Å². The van der Waals surface area contributed by atoms with Gasteiger partial charge in [-0.25, -0.2) is 9.37 Å². The van der Waals surface area contributed by atoms with Gasteiger partial charge in [-0.1, -0.05) is 18.2 Å². The normalized spacial score (nSPS) is 20.0. The minimum atomic E-state index is -0.451. The fourth-order valence-electron chi connectivity index (χ4n) is 3.64. The highest BCUT2D eigenvalue weighted by Gasteiger charge is 2.36. The maximum atomic E-state index is 13.9. The van der Waals surface area contributed by atoms with Gasteiger partial charge in [0.1, 0.15) is 17.0 Å². The smallest absolute Gasteiger partial charge is 0.270 e. The molecule has 0 unspecified atom stereocenters. The van der Waals surface area contributed by atoms with E-state index in [0.717, 1.165) is 0 Å². The molecule has 1 aliphatic heterocycles. The molecule has 2 aromatic rings. The number of para-hydroxylation sites is 1. The van der Waals surface area contributed by atoms with Gasteiger partial charge in [0.05, 0.1) is 6.04 Å². The highest BCUT2D eigenvalue weighted by molar-refractivity contribution is 5.95. The zero-order valence-corrected chi connectivity index (χ0v) is 15.9. The van der Waals surface area contributed by atoms with Crippen LogP contribution in [0.4, 0.5) is 4.39 Å². The summed E-state index contributed by atoms with van der Waals surface area (Å²) >= 11 is 0. The third-order valence-electron chi connectivity index (χ3n) is 5.15. The molecule has 2 amide bonds. The lowest BCUT2D eigenvalue weighted by Crippen LogP contribution is -2.44. The molecule has 1 aromatic carbocycles. The molecule has 6 nitrogen and oxygen atoms in total. The summed E-state index contributed by atoms with van der Waals surface area (Å²) in [6.45, 7) is 5.85. The average Bonchev–Trinajstić information content (AvgIpc) is 3.02. The molecule has 7 heteroatoms. The van der Waals surface area contributed by atoms with Crippen molar-refractivity contribution in [1.29, 1.82) is 0 Å². The molecule has 3 rings (SSSR count). The Bertz CT molecular complexity index is 853. The van der Waals surface area contributed by atoms with Gasteiger partial charge in [-0.2, -0.15) is 0 Å². The van der Waals surface area contributed by atoms with Gasteiger partial charge < -0.3 is 10.2 Å². The molecule has 1 aromatic heterocycles. The number of rotatable bonds is 5. The Morgan fingerprint density at radius 2 is 2.00 bits per heavy atom. The molecule has 27 heavy (non-hydrogen) atoms. The van der Waals surface area contributed by atoms with Crippen LogP contribution < -0.4 is 5.32 Å². The average molecular weight is 372 g/mol. The van der Waals surface area contributed by atoms with Crippen LogP contribution in [0.2, 0.25) is 0 Å². The summed E-state index contributed by atoms with van der Waals surface area (Å²) in [5.74, 6) is -0.715. The number of likely N-dealkylation sites (N-methyl/N-ethyl adjacent to an activating group) is 2. The van der Waals surface area contributed by atoms with Gasteiger partial charge in [0, 0.05) is 31.1 Å². The van der Waals surface area contributed by atoms with E-state index in [1.165, 1.54) is 6.07 Å². The zero-order chi connectivity index (χ0) is 19.6. The lowest BCUT2D eigenvalue weighted by Gasteiger charge is -2.26. The van der Waals surface area contributed by atoms with Crippen molar-refractivity contribution in [2.24, 2.45) is 0 Å². The Kier molecular flexibility index (Phi) is 5.70. The molecule has 1 saturated heterocycles. The largest absolute Gasteiger partial charge is 0.347 e. The zero-order valence-electron chi connectivity index (χ0n) is 15.9. The van der Waals surface area contributed by atoms with Crippen LogP contribution in [0.3, 0.4) is 0 Å². The second-order valence-corrected chi connectivity index (χ2v) is 6.88. The van der Waals surface area contributed by atoms with E-state index in [1.807, 2.05) is 25.8 Å². The van der Waals surface area contributed by atoms with Crippen molar-refractivity contribution < 1.29 is 14.0 Å². The number of aromatic nitrogens is 1. The molecule has 0 saturated carbocycles. The Hall–Kier alpha value is -2.54. The number of nitrogens with one attached hydrogen (secondary N) is 1. The van der Waals surface area contributed by atoms with Gasteiger partial charge in [0.25, 0.3) is 5.91 Å². The number of carbonyl (C=O) groups excluding carboxylic acids is 2. The Labute approximate surface area is 158 Å². The molecule has 0 bridgehead atoms. The number of benzene rings is 1. The molecular weight excluding hydrogens is 347 g/mol. The van der Waals surface area contributed by atoms with Crippen LogP contribution in [0.1, 0.15) is 30.8 Å². The molecule has 1 N–H and O–H groups in total. The number of likely N-dealkylation sites (tertiary alicyclic amines) is 1. The lowest BCUT2D eigenvalue weighted by atomic mass is 10.1. The number of fused-ring (bicyclic) bond motifs is 1. The fraction of sp³-hybridized carbons (Fsp3) is 0.450. The van der Waals surface area contributed by atoms with Crippen molar-refractivity contribution >= 4 is 22.7 Å². The van der Waals surface area contributed by atoms with Crippen molar-refractivity contribution in [3.8, 4) is 0 Å². The highest BCUT2D eigenvalue weighted by Crippen LogP contribution is 2.20. The molecule has 144 valence electrons. The van der Waals surface area contributed by atoms with E-state index in [1.54, 1.807) is 29.2 Å². The Morgan fingerprint density at radius 3 is 2.70 bits per heavy atom. The fourth-order valence-corrected chi connectivity index (χ4v) is 3.64. The Balaban J connectivity index is 1.70. The van der Waals surface area contributed by atoms with E-state index >= 15 is 0 Å². The van der Waals surface area contributed by atoms with E-state index in [-0.39, 0.29) is 35.1 Å². The van der Waals surface area contributed by atoms with Crippen molar-refractivity contribution in [1.82, 2.24) is 20.1 Å². The number of pyridine rings is 1. The number of hydrogen-bond acceptors (Lipinski definition) is 4. The van der Waals surface area contributed by atoms with Gasteiger partial charge in [-0.05, 0) is 39.4 Å². The number of amides is 2. The molecule has 2 heterocycles. The SMILES string of the molecule is CCN(CC)C(=O)[C@@H]1C[C@@H](NC(=O)c2ccc3cccc(F)c3n2)CN1C. The van der Waals surface area contributed by atoms with Crippen molar-refractivity contribution in [3.63, 3.8) is 0 Å². The first kappa shape index (κ1) is 19.2. The minimum Gasteiger partial charge on any atom is -0.347 e. The van der Waals surface area contributed by atoms with Crippen LogP contribution in [-0.4, -0.2) is 65.4 Å². The first-order valence-electron chi connectivity index (χ1n) is 9.29. The minimum absolute atomic E-state index is 0.0881. The number of carbonyl (C=O) groups is 2. The summed E-state index contributed by atoms with van der Waals surface area (Å²) in [6.07, 6.45) is 0.555. The van der Waals surface area contributed by atoms with Gasteiger partial charge in [-0.15, -0.1) is 0 Å². The summed E-state index contributed by atoms with van der Waals surface area (Å²) < 4.78 is 13.9. The Morgan fingerprint density at radius 1 is 1.26 bits per heavy atom. The summed E-state index contributed by atoms with van der Waals surface area (Å²) in [5, 5.41) is 3.58. The summed E-state index contributed by atoms with van der Waals surface area (Å²) in [6, 6.07) is 7.58. The first-order chi connectivity index (χ1) is 12.9. The van der Waals surface area contributed by atoms with Gasteiger partial charge in [0.15, 0.2) is 0 Å². The van der Waals surface area contributed by atoms with Gasteiger partial charge in [0.2, 0.25) is 5.91 Å². The molecule has 0 aliphatic carbocycles. The van der Waals surface area contributed by atoms with Crippen LogP contribution in [0, 0.1) is 5.82 Å². The maximum Gasteiger partial charge on any atom is 0.270 e. The maximum absolute atomic E-state index is 13.9. The van der Waals surface area contributed by atoms with Crippen molar-refractivity contribution in [2.75, 3.05) is 26.7 Å². The van der Waals surface area contributed by atoms with Crippen molar-refractivity contribution in [3.05, 3.63) is 41.8 Å². The molecule has 2 atom stereocenters. The third kappa shape index (κ3) is 3.93. The monoisotopic (exact) mass is 372 g/mol. The number of nitrogens with zero attached hydrogens (tertiary/aromatic N) is 3. The van der Waals surface area contributed by atoms with Crippen LogP contribution in [0.5, 0.6) is 0 Å². The number of hydrogen-bond donors (Lipinski definition) is 1. The highest BCUT2D eigenvalue weighted by atomic mass is 19.1. The molecule has 0 spiro atoms. The summed E-state index contributed by atoms with van der Waals surface area (Å²) in [4.78, 5) is 33.1. The number of halogens is 1. The van der Waals surface area contributed by atoms with Gasteiger partial charge in [-0.3, -0.25) is 14.5 Å². The van der Waals surface area contributed by atoms with Crippen LogP contribution in [0.25, 0.3) is 10.9 Å². The summed E-state index contributed by atoms with van der Waals surface area (Å²) in [5.41, 5.74) is 0.358. The van der Waals surface area contributed by atoms with Crippen LogP contribution in [0.15, 0.2) is 30.3 Å². The first-order valence-corrected chi connectivity index (χ1v) is 9.29. The lowest BCUT2D eigenvalue weighted by molar-refractivity contribution is -0.135. The molecular formula is C20H25FN4O2. The van der Waals surface area contributed by atoms with Gasteiger partial charge >= 0.3 is 0 Å². The van der Waals surface area contributed by atoms with E-state index in [0.29, 0.717) is 31.4 Å². The van der Waals surface area contributed by atoms with Crippen molar-refractivity contribution in [2.45, 2.75) is 32.4 Å². The topological polar surface area (TPSA) is 65.5 Å². The predicted molar refractivity (Wildman–Crippen MR) is 102 cm³/mol. The van der Waals surface area contributed by atoms with E-state index in [2.05, 4.69) is 10.3 Å². The van der Waals surface area contributed by atoms with E-state index in [4.69, 9.17) is 0 Å². The standard InChI is InChI=1S/C20H25FN4O2/c1-4-25(5-2)20(27)17-11-14(12-24(17)3)22-19(26)16-10-9-13-7-6-8-15(21)18(13)23-16/h6-10,14,17H,4-5,11-12H2,1-3H3,(H,22,26)/t14-,17+/m1/s1. The molecule has 1 aliphatic rings.